The summed E-state index contributed by atoms with van der Waals surface area (Å²) < 4.78 is 7.04. The van der Waals surface area contributed by atoms with Crippen LogP contribution in [0.2, 0.25) is 0 Å². The Bertz CT molecular complexity index is 9460. The second kappa shape index (κ2) is 27.3. The highest BCUT2D eigenvalue weighted by Gasteiger charge is 2.44. The molecular formula is C119H79N11. The van der Waals surface area contributed by atoms with E-state index in [2.05, 4.69) is 410 Å². The van der Waals surface area contributed by atoms with Gasteiger partial charge in [-0.15, -0.1) is 0 Å². The van der Waals surface area contributed by atoms with Gasteiger partial charge in [-0.2, -0.15) is 0 Å². The number of para-hydroxylation sites is 3. The largest absolute Gasteiger partial charge is 0.293 e. The summed E-state index contributed by atoms with van der Waals surface area (Å²) in [6.07, 6.45) is 16.0. The lowest BCUT2D eigenvalue weighted by atomic mass is 9.80. The zero-order chi connectivity index (χ0) is 86.3. The molecule has 9 heterocycles. The van der Waals surface area contributed by atoms with E-state index in [0.717, 1.165) is 77.2 Å². The van der Waals surface area contributed by atoms with Crippen molar-refractivity contribution in [3.63, 3.8) is 0 Å². The summed E-state index contributed by atoms with van der Waals surface area (Å²) in [5, 5.41) is 28.8. The summed E-state index contributed by atoms with van der Waals surface area (Å²) in [5.41, 5.74) is 25.8. The second-order valence-electron chi connectivity index (χ2n) is 36.7. The first-order valence-electron chi connectivity index (χ1n) is 44.8. The molecule has 17 aromatic carbocycles. The highest BCUT2D eigenvalue weighted by Crippen LogP contribution is 2.61. The van der Waals surface area contributed by atoms with Crippen LogP contribution in [0.15, 0.2) is 371 Å². The normalized spacial score (nSPS) is 13.8. The number of hydrogen-bond acceptors (Lipinski definition) is 8. The summed E-state index contributed by atoms with van der Waals surface area (Å²) in [7, 11) is 0. The quantitative estimate of drug-likeness (QED) is 0.160. The molecule has 0 aliphatic heterocycles. The number of fused-ring (bicyclic) bond motifs is 42. The van der Waals surface area contributed by atoms with Crippen molar-refractivity contribution in [1.82, 2.24) is 53.6 Å². The van der Waals surface area contributed by atoms with Gasteiger partial charge in [0, 0.05) is 158 Å². The molecule has 0 N–H and O–H groups in total. The molecule has 610 valence electrons. The smallest absolute Gasteiger partial charge is 0.235 e. The fourth-order valence-corrected chi connectivity index (χ4v) is 23.5. The highest BCUT2D eigenvalue weighted by atomic mass is 15.2. The molecule has 0 unspecified atom stereocenters. The van der Waals surface area contributed by atoms with Crippen LogP contribution in [-0.4, -0.2) is 53.6 Å². The standard InChI is InChI=1S/C42H28N4.C41H27N3.C36H24N4/c1-42(2)32-18-10-8-16-29(32)37-38(42)31-24-43-23-22-28(31)35-30-17-9-11-19-34(30)46(40(35)37)41-44-33-21-20-25-12-6-7-15-27(25)36(33)39(45-41)26-13-4-3-5-14-26;1-41(2)34-17-9-7-15-29(34)38-39(41)33-22-42-20-19-28(33)37-30-16-8-10-18-35(30)44(40(37)38)36-21-31-26-13-5-3-11-24(26)25-12-4-6-14-27(25)32(31)23-43-36;1-36(2)28-13-7-5-11-25(28)31-32(36)27-20-37-18-17-24(27)30-26-12-6-8-14-29(26)40(34(30)31)35-38-19-22-16-15-21-9-3-4-10-23(21)33(22)39-35/h3-24H,1-2H3;3-23H,1-2H3;3-20H,1-2H3. The minimum atomic E-state index is -0.207. The van der Waals surface area contributed by atoms with Crippen LogP contribution >= 0.6 is 0 Å². The average molecular weight is 1660 g/mol. The Labute approximate surface area is 746 Å². The molecular weight excluding hydrogens is 1580 g/mol. The topological polar surface area (TPSA) is 118 Å². The Hall–Kier alpha value is -16.5. The summed E-state index contributed by atoms with van der Waals surface area (Å²) in [4.78, 5) is 40.3. The van der Waals surface area contributed by atoms with Crippen molar-refractivity contribution in [3.8, 4) is 62.4 Å². The average Bonchev–Trinajstić information content (AvgIpc) is 1.53. The van der Waals surface area contributed by atoms with Crippen molar-refractivity contribution in [2.45, 2.75) is 57.8 Å². The van der Waals surface area contributed by atoms with E-state index in [1.165, 1.54) is 180 Å². The Kier molecular flexibility index (Phi) is 15.5. The third-order valence-corrected chi connectivity index (χ3v) is 29.0. The summed E-state index contributed by atoms with van der Waals surface area (Å²) in [6.45, 7) is 14.1. The van der Waals surface area contributed by atoms with Crippen molar-refractivity contribution in [2.24, 2.45) is 0 Å². The van der Waals surface area contributed by atoms with E-state index in [-0.39, 0.29) is 16.2 Å². The van der Waals surface area contributed by atoms with Crippen LogP contribution in [0.3, 0.4) is 0 Å². The van der Waals surface area contributed by atoms with Gasteiger partial charge < -0.3 is 0 Å². The molecule has 0 saturated carbocycles. The van der Waals surface area contributed by atoms with Gasteiger partial charge in [-0.1, -0.05) is 315 Å². The molecule has 11 heteroatoms. The molecule has 29 rings (SSSR count). The van der Waals surface area contributed by atoms with Crippen LogP contribution in [0.4, 0.5) is 0 Å². The predicted molar refractivity (Wildman–Crippen MR) is 538 cm³/mol. The Morgan fingerprint density at radius 1 is 0.246 bits per heavy atom. The minimum Gasteiger partial charge on any atom is -0.293 e. The van der Waals surface area contributed by atoms with Gasteiger partial charge in [-0.25, -0.2) is 24.9 Å². The Morgan fingerprint density at radius 2 is 0.631 bits per heavy atom. The molecule has 130 heavy (non-hydrogen) atoms. The van der Waals surface area contributed by atoms with Gasteiger partial charge in [0.15, 0.2) is 0 Å². The van der Waals surface area contributed by atoms with Crippen molar-refractivity contribution in [1.29, 1.82) is 0 Å². The second-order valence-corrected chi connectivity index (χ2v) is 36.7. The fraction of sp³-hybridized carbons (Fsp3) is 0.0756. The van der Waals surface area contributed by atoms with Crippen LogP contribution in [0, 0.1) is 0 Å². The highest BCUT2D eigenvalue weighted by molar-refractivity contribution is 6.32. The summed E-state index contributed by atoms with van der Waals surface area (Å²) in [6, 6.07) is 115. The van der Waals surface area contributed by atoms with Gasteiger partial charge >= 0.3 is 0 Å². The van der Waals surface area contributed by atoms with E-state index >= 15 is 0 Å². The zero-order valence-corrected chi connectivity index (χ0v) is 72.1. The third kappa shape index (κ3) is 10.1. The van der Waals surface area contributed by atoms with E-state index in [1.54, 1.807) is 0 Å². The molecule has 3 aliphatic rings. The molecule has 26 aromatic rings. The zero-order valence-electron chi connectivity index (χ0n) is 72.1. The molecule has 0 fully saturated rings. The van der Waals surface area contributed by atoms with Gasteiger partial charge in [-0.3, -0.25) is 28.7 Å². The monoisotopic (exact) mass is 1660 g/mol. The number of rotatable bonds is 4. The maximum absolute atomic E-state index is 5.50. The Morgan fingerprint density at radius 3 is 1.14 bits per heavy atom. The van der Waals surface area contributed by atoms with E-state index in [4.69, 9.17) is 24.9 Å². The lowest BCUT2D eigenvalue weighted by Crippen LogP contribution is -2.15. The maximum atomic E-state index is 5.50. The van der Waals surface area contributed by atoms with E-state index in [9.17, 15) is 0 Å². The van der Waals surface area contributed by atoms with Crippen LogP contribution in [0.1, 0.15) is 74.9 Å². The molecule has 11 nitrogen and oxygen atoms in total. The third-order valence-electron chi connectivity index (χ3n) is 29.0. The molecule has 0 radical (unpaired) electrons. The van der Waals surface area contributed by atoms with Gasteiger partial charge in [0.25, 0.3) is 0 Å². The van der Waals surface area contributed by atoms with Crippen molar-refractivity contribution >= 4 is 173 Å². The number of pyridine rings is 4. The minimum absolute atomic E-state index is 0.172. The van der Waals surface area contributed by atoms with Crippen molar-refractivity contribution in [2.75, 3.05) is 0 Å². The first-order valence-corrected chi connectivity index (χ1v) is 44.8. The molecule has 0 amide bonds. The molecule has 3 aliphatic carbocycles. The van der Waals surface area contributed by atoms with E-state index in [1.807, 2.05) is 31.0 Å². The van der Waals surface area contributed by atoms with E-state index in [0.29, 0.717) is 11.9 Å². The predicted octanol–water partition coefficient (Wildman–Crippen LogP) is 29.6. The number of benzene rings is 17. The number of nitrogens with zero attached hydrogens (tertiary/aromatic N) is 11. The summed E-state index contributed by atoms with van der Waals surface area (Å²) in [5.74, 6) is 2.29. The van der Waals surface area contributed by atoms with Crippen LogP contribution in [-0.2, 0) is 16.2 Å². The first-order chi connectivity index (χ1) is 63.9. The van der Waals surface area contributed by atoms with Crippen molar-refractivity contribution in [3.05, 3.63) is 404 Å². The summed E-state index contributed by atoms with van der Waals surface area (Å²) >= 11 is 0. The Balaban J connectivity index is 0.000000101. The molecule has 9 aromatic heterocycles. The van der Waals surface area contributed by atoms with Gasteiger partial charge in [0.2, 0.25) is 11.9 Å². The fourth-order valence-electron chi connectivity index (χ4n) is 23.5. The molecule has 0 saturated heterocycles. The van der Waals surface area contributed by atoms with Gasteiger partial charge in [-0.05, 0) is 158 Å². The van der Waals surface area contributed by atoms with E-state index < -0.39 is 0 Å². The number of hydrogen-bond donors (Lipinski definition) is 0. The van der Waals surface area contributed by atoms with Gasteiger partial charge in [0.05, 0.1) is 49.8 Å². The van der Waals surface area contributed by atoms with Gasteiger partial charge in [0.1, 0.15) is 5.82 Å². The van der Waals surface area contributed by atoms with Crippen LogP contribution < -0.4 is 0 Å². The lowest BCUT2D eigenvalue weighted by molar-refractivity contribution is 0.666. The van der Waals surface area contributed by atoms with Crippen LogP contribution in [0.25, 0.3) is 236 Å². The van der Waals surface area contributed by atoms with Crippen LogP contribution in [0.5, 0.6) is 0 Å². The maximum Gasteiger partial charge on any atom is 0.235 e. The molecule has 0 atom stereocenters. The molecule has 0 bridgehead atoms. The SMILES string of the molecule is CC1(C)c2ccccc2-c2c1c1cnccc1c1c3ccccc3n(-c3cc4c5ccccc5c5ccccc5c4cn3)c21.CC1(C)c2ccccc2-c2c1c1cnccc1c1c3ccccc3n(-c3nc(-c4ccccc4)c4c(ccc5ccccc54)n3)c21.CC1(C)c2ccccc2-c2c1c1cnccc1c1c3ccccc3n(-c3ncc4ccc5ccccc5c4n3)c21. The van der Waals surface area contributed by atoms with Crippen molar-refractivity contribution < 1.29 is 0 Å². The molecule has 0 spiro atoms. The number of aromatic nitrogens is 11. The first kappa shape index (κ1) is 73.8. The lowest BCUT2D eigenvalue weighted by Gasteiger charge is -2.23.